The molecule has 1 heterocycles. The van der Waals surface area contributed by atoms with E-state index < -0.39 is 0 Å². The van der Waals surface area contributed by atoms with Crippen LogP contribution in [0, 0.1) is 0 Å². The Morgan fingerprint density at radius 3 is 2.67 bits per heavy atom. The summed E-state index contributed by atoms with van der Waals surface area (Å²) in [7, 11) is 0. The first kappa shape index (κ1) is 6.97. The Bertz CT molecular complexity index is 183. The van der Waals surface area contributed by atoms with Crippen molar-refractivity contribution in [1.82, 2.24) is 0 Å². The minimum Gasteiger partial charge on any atom is -0.450 e. The number of halogens is 2. The number of furan rings is 1. The average Bonchev–Trinajstić information content (AvgIpc) is 2.17. The molecule has 0 saturated heterocycles. The van der Waals surface area contributed by atoms with Gasteiger partial charge in [0.1, 0.15) is 5.76 Å². The van der Waals surface area contributed by atoms with Gasteiger partial charge in [0, 0.05) is 12.3 Å². The first-order valence-corrected chi connectivity index (χ1v) is 3.54. The van der Waals surface area contributed by atoms with Crippen molar-refractivity contribution in [3.8, 4) is 0 Å². The van der Waals surface area contributed by atoms with Crippen LogP contribution in [0.15, 0.2) is 16.5 Å². The zero-order valence-electron chi connectivity index (χ0n) is 4.73. The van der Waals surface area contributed by atoms with E-state index in [0.29, 0.717) is 11.1 Å². The van der Waals surface area contributed by atoms with Crippen molar-refractivity contribution in [2.45, 2.75) is 6.42 Å². The maximum atomic E-state index is 5.49. The molecule has 0 N–H and O–H groups in total. The summed E-state index contributed by atoms with van der Waals surface area (Å²) < 4.78 is 5.00. The monoisotopic (exact) mass is 164 g/mol. The van der Waals surface area contributed by atoms with Crippen molar-refractivity contribution in [1.29, 1.82) is 0 Å². The first-order chi connectivity index (χ1) is 4.33. The molecular weight excluding hydrogens is 159 g/mol. The van der Waals surface area contributed by atoms with E-state index >= 15 is 0 Å². The fourth-order valence-corrected chi connectivity index (χ4v) is 0.928. The number of aryl methyl sites for hydroxylation is 1. The van der Waals surface area contributed by atoms with E-state index in [1.807, 2.05) is 6.07 Å². The van der Waals surface area contributed by atoms with Crippen LogP contribution in [0.5, 0.6) is 0 Å². The van der Waals surface area contributed by atoms with Crippen LogP contribution in [0.4, 0.5) is 0 Å². The van der Waals surface area contributed by atoms with Crippen molar-refractivity contribution in [2.24, 2.45) is 0 Å². The molecule has 0 unspecified atom stereocenters. The highest BCUT2D eigenvalue weighted by atomic mass is 35.5. The van der Waals surface area contributed by atoms with Crippen LogP contribution in [0.2, 0.25) is 5.22 Å². The molecule has 1 nitrogen and oxygen atoms in total. The second kappa shape index (κ2) is 3.14. The summed E-state index contributed by atoms with van der Waals surface area (Å²) in [5.74, 6) is 1.42. The van der Waals surface area contributed by atoms with Crippen molar-refractivity contribution in [2.75, 3.05) is 5.88 Å². The molecule has 0 aromatic carbocycles. The third kappa shape index (κ3) is 1.92. The van der Waals surface area contributed by atoms with Crippen LogP contribution < -0.4 is 0 Å². The summed E-state index contributed by atoms with van der Waals surface area (Å²) in [5, 5.41) is 0.426. The minimum absolute atomic E-state index is 0.426. The van der Waals surface area contributed by atoms with Crippen LogP contribution in [0.25, 0.3) is 0 Å². The van der Waals surface area contributed by atoms with Gasteiger partial charge in [-0.3, -0.25) is 0 Å². The minimum atomic E-state index is 0.426. The molecule has 1 aromatic heterocycles. The highest BCUT2D eigenvalue weighted by molar-refractivity contribution is 6.28. The third-order valence-electron chi connectivity index (χ3n) is 0.970. The van der Waals surface area contributed by atoms with Gasteiger partial charge in [-0.1, -0.05) is 0 Å². The van der Waals surface area contributed by atoms with E-state index in [0.717, 1.165) is 12.2 Å². The average molecular weight is 165 g/mol. The zero-order chi connectivity index (χ0) is 6.69. The third-order valence-corrected chi connectivity index (χ3v) is 1.36. The highest BCUT2D eigenvalue weighted by Gasteiger charge is 1.96. The maximum Gasteiger partial charge on any atom is 0.193 e. The van der Waals surface area contributed by atoms with E-state index in [4.69, 9.17) is 27.6 Å². The first-order valence-electron chi connectivity index (χ1n) is 2.63. The van der Waals surface area contributed by atoms with Gasteiger partial charge in [-0.15, -0.1) is 11.6 Å². The Balaban J connectivity index is 2.61. The molecule has 1 rings (SSSR count). The topological polar surface area (TPSA) is 13.1 Å². The van der Waals surface area contributed by atoms with Crippen molar-refractivity contribution in [3.63, 3.8) is 0 Å². The molecule has 0 bridgehead atoms. The molecule has 0 saturated carbocycles. The van der Waals surface area contributed by atoms with E-state index in [9.17, 15) is 0 Å². The second-order valence-corrected chi connectivity index (χ2v) is 2.40. The molecule has 3 heteroatoms. The molecule has 0 aliphatic rings. The van der Waals surface area contributed by atoms with E-state index in [1.54, 1.807) is 6.07 Å². The quantitative estimate of drug-likeness (QED) is 0.614. The van der Waals surface area contributed by atoms with Gasteiger partial charge in [-0.25, -0.2) is 0 Å². The van der Waals surface area contributed by atoms with Crippen LogP contribution in [0.3, 0.4) is 0 Å². The molecule has 0 spiro atoms. The zero-order valence-corrected chi connectivity index (χ0v) is 6.24. The molecule has 0 aliphatic carbocycles. The lowest BCUT2D eigenvalue weighted by atomic mass is 10.4. The van der Waals surface area contributed by atoms with Crippen molar-refractivity contribution >= 4 is 23.2 Å². The highest BCUT2D eigenvalue weighted by Crippen LogP contribution is 2.13. The summed E-state index contributed by atoms with van der Waals surface area (Å²) >= 11 is 10.9. The fourth-order valence-electron chi connectivity index (χ4n) is 0.579. The lowest BCUT2D eigenvalue weighted by Gasteiger charge is -1.85. The normalized spacial score (nSPS) is 10.0. The maximum absolute atomic E-state index is 5.49. The molecule has 50 valence electrons. The molecule has 0 aliphatic heterocycles. The van der Waals surface area contributed by atoms with E-state index in [1.165, 1.54) is 0 Å². The summed E-state index contributed by atoms with van der Waals surface area (Å²) in [6.45, 7) is 0. The van der Waals surface area contributed by atoms with Crippen LogP contribution in [0.1, 0.15) is 5.76 Å². The Morgan fingerprint density at radius 1 is 1.44 bits per heavy atom. The predicted molar refractivity (Wildman–Crippen MR) is 38.1 cm³/mol. The van der Waals surface area contributed by atoms with Gasteiger partial charge >= 0.3 is 0 Å². The molecule has 0 atom stereocenters. The predicted octanol–water partition coefficient (Wildman–Crippen LogP) is 2.71. The summed E-state index contributed by atoms with van der Waals surface area (Å²) in [4.78, 5) is 0. The van der Waals surface area contributed by atoms with Gasteiger partial charge in [-0.05, 0) is 23.7 Å². The van der Waals surface area contributed by atoms with Gasteiger partial charge in [0.15, 0.2) is 5.22 Å². The Hall–Kier alpha value is -0.140. The van der Waals surface area contributed by atoms with Gasteiger partial charge in [0.05, 0.1) is 0 Å². The van der Waals surface area contributed by atoms with Crippen LogP contribution >= 0.6 is 23.2 Å². The van der Waals surface area contributed by atoms with E-state index in [2.05, 4.69) is 0 Å². The van der Waals surface area contributed by atoms with Crippen molar-refractivity contribution in [3.05, 3.63) is 23.1 Å². The Morgan fingerprint density at radius 2 is 2.22 bits per heavy atom. The lowest BCUT2D eigenvalue weighted by Crippen LogP contribution is -1.78. The van der Waals surface area contributed by atoms with Crippen molar-refractivity contribution < 1.29 is 4.42 Å². The number of alkyl halides is 1. The lowest BCUT2D eigenvalue weighted by molar-refractivity contribution is 0.519. The Labute approximate surface area is 63.6 Å². The summed E-state index contributed by atoms with van der Waals surface area (Å²) in [6, 6.07) is 3.54. The number of hydrogen-bond acceptors (Lipinski definition) is 1. The molecule has 0 fully saturated rings. The number of rotatable bonds is 2. The van der Waals surface area contributed by atoms with Crippen LogP contribution in [-0.2, 0) is 6.42 Å². The SMILES string of the molecule is ClCCc1ccc(Cl)o1. The molecular formula is C6H6Cl2O. The number of hydrogen-bond donors (Lipinski definition) is 0. The molecule has 0 amide bonds. The van der Waals surface area contributed by atoms with Gasteiger partial charge in [0.25, 0.3) is 0 Å². The van der Waals surface area contributed by atoms with Crippen LogP contribution in [-0.4, -0.2) is 5.88 Å². The molecule has 0 radical (unpaired) electrons. The molecule has 1 aromatic rings. The standard InChI is InChI=1S/C6H6Cl2O/c7-4-3-5-1-2-6(8)9-5/h1-2H,3-4H2. The van der Waals surface area contributed by atoms with Gasteiger partial charge < -0.3 is 4.42 Å². The van der Waals surface area contributed by atoms with Gasteiger partial charge in [-0.2, -0.15) is 0 Å². The molecule has 9 heavy (non-hydrogen) atoms. The van der Waals surface area contributed by atoms with E-state index in [-0.39, 0.29) is 0 Å². The largest absolute Gasteiger partial charge is 0.450 e. The smallest absolute Gasteiger partial charge is 0.193 e. The fraction of sp³-hybridized carbons (Fsp3) is 0.333. The second-order valence-electron chi connectivity index (χ2n) is 1.64. The Kier molecular flexibility index (Phi) is 2.43. The summed E-state index contributed by atoms with van der Waals surface area (Å²) in [6.07, 6.45) is 0.744. The van der Waals surface area contributed by atoms with Gasteiger partial charge in [0.2, 0.25) is 0 Å². The summed E-state index contributed by atoms with van der Waals surface area (Å²) in [5.41, 5.74) is 0.